The van der Waals surface area contributed by atoms with Gasteiger partial charge < -0.3 is 14.5 Å². The standard InChI is InChI=1S/C21H27N5/c1-2-13-25-14-12-23-21(25)20-19(18-6-4-3-5-7-18)24-16-26(20)15-17-8-10-22-11-9-17/h3-7,12,14,16-17,22H,2,8-11,13,15H2,1H3. The maximum Gasteiger partial charge on any atom is 0.158 e. The number of piperidine rings is 1. The molecule has 3 aromatic rings. The molecule has 0 bridgehead atoms. The van der Waals surface area contributed by atoms with E-state index < -0.39 is 0 Å². The fraction of sp³-hybridized carbons (Fsp3) is 0.429. The molecule has 0 spiro atoms. The van der Waals surface area contributed by atoms with E-state index in [4.69, 9.17) is 9.97 Å². The molecule has 26 heavy (non-hydrogen) atoms. The molecule has 0 atom stereocenters. The van der Waals surface area contributed by atoms with Crippen molar-refractivity contribution in [3.63, 3.8) is 0 Å². The minimum atomic E-state index is 0.697. The zero-order chi connectivity index (χ0) is 17.8. The van der Waals surface area contributed by atoms with Gasteiger partial charge in [0, 0.05) is 31.0 Å². The predicted molar refractivity (Wildman–Crippen MR) is 105 cm³/mol. The van der Waals surface area contributed by atoms with Crippen LogP contribution in [0.25, 0.3) is 22.8 Å². The summed E-state index contributed by atoms with van der Waals surface area (Å²) >= 11 is 0. The Morgan fingerprint density at radius 1 is 1.08 bits per heavy atom. The number of benzene rings is 1. The number of rotatable bonds is 6. The highest BCUT2D eigenvalue weighted by Gasteiger charge is 2.22. The molecule has 1 saturated heterocycles. The Morgan fingerprint density at radius 3 is 2.65 bits per heavy atom. The van der Waals surface area contributed by atoms with Gasteiger partial charge in [-0.2, -0.15) is 0 Å². The van der Waals surface area contributed by atoms with E-state index in [1.54, 1.807) is 0 Å². The van der Waals surface area contributed by atoms with Crippen LogP contribution in [-0.2, 0) is 13.1 Å². The zero-order valence-corrected chi connectivity index (χ0v) is 15.4. The molecule has 5 heteroatoms. The van der Waals surface area contributed by atoms with Gasteiger partial charge in [0.15, 0.2) is 5.82 Å². The third kappa shape index (κ3) is 3.44. The highest BCUT2D eigenvalue weighted by Crippen LogP contribution is 2.31. The lowest BCUT2D eigenvalue weighted by Gasteiger charge is -2.24. The minimum Gasteiger partial charge on any atom is -0.330 e. The molecule has 2 aromatic heterocycles. The van der Waals surface area contributed by atoms with Crippen LogP contribution in [0.1, 0.15) is 26.2 Å². The Labute approximate surface area is 155 Å². The number of aromatic nitrogens is 4. The van der Waals surface area contributed by atoms with Crippen molar-refractivity contribution >= 4 is 0 Å². The van der Waals surface area contributed by atoms with Crippen LogP contribution in [0, 0.1) is 5.92 Å². The summed E-state index contributed by atoms with van der Waals surface area (Å²) in [5.41, 5.74) is 3.33. The number of nitrogens with zero attached hydrogens (tertiary/aromatic N) is 4. The van der Waals surface area contributed by atoms with Crippen LogP contribution in [0.4, 0.5) is 0 Å². The molecule has 136 valence electrons. The maximum absolute atomic E-state index is 4.80. The van der Waals surface area contributed by atoms with Crippen LogP contribution in [0.15, 0.2) is 49.1 Å². The van der Waals surface area contributed by atoms with Crippen molar-refractivity contribution < 1.29 is 0 Å². The highest BCUT2D eigenvalue weighted by atomic mass is 15.1. The molecular weight excluding hydrogens is 322 g/mol. The minimum absolute atomic E-state index is 0.697. The molecule has 0 amide bonds. The smallest absolute Gasteiger partial charge is 0.158 e. The Kier molecular flexibility index (Phi) is 5.16. The van der Waals surface area contributed by atoms with Crippen LogP contribution in [0.2, 0.25) is 0 Å². The van der Waals surface area contributed by atoms with Gasteiger partial charge in [0.2, 0.25) is 0 Å². The quantitative estimate of drug-likeness (QED) is 0.736. The van der Waals surface area contributed by atoms with Crippen molar-refractivity contribution in [2.75, 3.05) is 13.1 Å². The second-order valence-electron chi connectivity index (χ2n) is 7.10. The van der Waals surface area contributed by atoms with E-state index in [9.17, 15) is 0 Å². The van der Waals surface area contributed by atoms with Gasteiger partial charge in [-0.15, -0.1) is 0 Å². The first kappa shape index (κ1) is 17.0. The van der Waals surface area contributed by atoms with Gasteiger partial charge in [-0.1, -0.05) is 37.3 Å². The largest absolute Gasteiger partial charge is 0.330 e. The molecule has 0 saturated carbocycles. The molecule has 1 aliphatic rings. The van der Waals surface area contributed by atoms with E-state index in [0.717, 1.165) is 55.4 Å². The second kappa shape index (κ2) is 7.87. The van der Waals surface area contributed by atoms with Gasteiger partial charge in [0.05, 0.1) is 12.0 Å². The first-order chi connectivity index (χ1) is 12.9. The molecule has 1 aromatic carbocycles. The Morgan fingerprint density at radius 2 is 1.88 bits per heavy atom. The average molecular weight is 349 g/mol. The fourth-order valence-corrected chi connectivity index (χ4v) is 3.85. The van der Waals surface area contributed by atoms with Crippen molar-refractivity contribution in [2.45, 2.75) is 39.3 Å². The first-order valence-electron chi connectivity index (χ1n) is 9.69. The van der Waals surface area contributed by atoms with E-state index in [1.165, 1.54) is 12.8 Å². The summed E-state index contributed by atoms with van der Waals surface area (Å²) in [7, 11) is 0. The van der Waals surface area contributed by atoms with Gasteiger partial charge >= 0.3 is 0 Å². The van der Waals surface area contributed by atoms with E-state index in [0.29, 0.717) is 5.92 Å². The van der Waals surface area contributed by atoms with Crippen LogP contribution >= 0.6 is 0 Å². The monoisotopic (exact) mass is 349 g/mol. The van der Waals surface area contributed by atoms with Gasteiger partial charge in [-0.3, -0.25) is 0 Å². The predicted octanol–water partition coefficient (Wildman–Crippen LogP) is 3.82. The SMILES string of the molecule is CCCn1ccnc1-c1c(-c2ccccc2)ncn1CC1CCNCC1. The summed E-state index contributed by atoms with van der Waals surface area (Å²) in [6.07, 6.45) is 9.53. The summed E-state index contributed by atoms with van der Waals surface area (Å²) in [6, 6.07) is 10.5. The molecule has 1 aliphatic heterocycles. The Balaban J connectivity index is 1.76. The summed E-state index contributed by atoms with van der Waals surface area (Å²) in [4.78, 5) is 9.51. The van der Waals surface area contributed by atoms with E-state index in [1.807, 2.05) is 18.6 Å². The van der Waals surface area contributed by atoms with Gasteiger partial charge in [0.25, 0.3) is 0 Å². The van der Waals surface area contributed by atoms with Crippen molar-refractivity contribution in [1.82, 2.24) is 24.4 Å². The van der Waals surface area contributed by atoms with E-state index in [-0.39, 0.29) is 0 Å². The molecule has 0 radical (unpaired) electrons. The highest BCUT2D eigenvalue weighted by molar-refractivity contribution is 5.75. The van der Waals surface area contributed by atoms with Crippen LogP contribution in [0.5, 0.6) is 0 Å². The fourth-order valence-electron chi connectivity index (χ4n) is 3.85. The molecule has 1 fully saturated rings. The number of nitrogens with one attached hydrogen (secondary N) is 1. The normalized spacial score (nSPS) is 15.4. The second-order valence-corrected chi connectivity index (χ2v) is 7.10. The van der Waals surface area contributed by atoms with Gasteiger partial charge in [-0.25, -0.2) is 9.97 Å². The number of aryl methyl sites for hydroxylation is 1. The van der Waals surface area contributed by atoms with Crippen LogP contribution < -0.4 is 5.32 Å². The summed E-state index contributed by atoms with van der Waals surface area (Å²) in [6.45, 7) is 6.42. The lowest BCUT2D eigenvalue weighted by molar-refractivity contribution is 0.334. The average Bonchev–Trinajstić information content (AvgIpc) is 3.30. The Hall–Kier alpha value is -2.40. The maximum atomic E-state index is 4.80. The first-order valence-corrected chi connectivity index (χ1v) is 9.69. The van der Waals surface area contributed by atoms with E-state index in [2.05, 4.69) is 51.8 Å². The molecule has 4 rings (SSSR count). The van der Waals surface area contributed by atoms with Crippen molar-refractivity contribution in [3.05, 3.63) is 49.1 Å². The van der Waals surface area contributed by atoms with Gasteiger partial charge in [-0.05, 0) is 38.3 Å². The summed E-state index contributed by atoms with van der Waals surface area (Å²) in [5.74, 6) is 1.72. The molecular formula is C21H27N5. The summed E-state index contributed by atoms with van der Waals surface area (Å²) < 4.78 is 4.58. The Bertz CT molecular complexity index is 827. The van der Waals surface area contributed by atoms with Crippen molar-refractivity contribution in [1.29, 1.82) is 0 Å². The lowest BCUT2D eigenvalue weighted by Crippen LogP contribution is -2.30. The lowest BCUT2D eigenvalue weighted by atomic mass is 9.98. The van der Waals surface area contributed by atoms with Crippen LogP contribution in [-0.4, -0.2) is 32.2 Å². The van der Waals surface area contributed by atoms with Crippen LogP contribution in [0.3, 0.4) is 0 Å². The molecule has 5 nitrogen and oxygen atoms in total. The molecule has 0 unspecified atom stereocenters. The number of hydrogen-bond acceptors (Lipinski definition) is 3. The topological polar surface area (TPSA) is 47.7 Å². The van der Waals surface area contributed by atoms with Gasteiger partial charge in [0.1, 0.15) is 5.69 Å². The number of hydrogen-bond donors (Lipinski definition) is 1. The van der Waals surface area contributed by atoms with Crippen molar-refractivity contribution in [3.8, 4) is 22.8 Å². The summed E-state index contributed by atoms with van der Waals surface area (Å²) in [5, 5.41) is 3.46. The third-order valence-corrected chi connectivity index (χ3v) is 5.19. The molecule has 0 aliphatic carbocycles. The molecule has 1 N–H and O–H groups in total. The number of imidazole rings is 2. The zero-order valence-electron chi connectivity index (χ0n) is 15.4. The molecule has 3 heterocycles. The van der Waals surface area contributed by atoms with E-state index >= 15 is 0 Å². The van der Waals surface area contributed by atoms with Crippen molar-refractivity contribution in [2.24, 2.45) is 5.92 Å². The third-order valence-electron chi connectivity index (χ3n) is 5.19.